The van der Waals surface area contributed by atoms with Gasteiger partial charge in [0, 0.05) is 18.0 Å². The van der Waals surface area contributed by atoms with Crippen LogP contribution in [0.1, 0.15) is 53.4 Å². The van der Waals surface area contributed by atoms with Gasteiger partial charge in [-0.05, 0) is 26.2 Å². The first-order chi connectivity index (χ1) is 9.33. The lowest BCUT2D eigenvalue weighted by atomic mass is 9.84. The number of amides is 1. The van der Waals surface area contributed by atoms with Gasteiger partial charge in [0.25, 0.3) is 5.91 Å². The summed E-state index contributed by atoms with van der Waals surface area (Å²) >= 11 is 0. The first-order valence-corrected chi connectivity index (χ1v) is 7.34. The highest BCUT2D eigenvalue weighted by atomic mass is 16.5. The monoisotopic (exact) mass is 283 g/mol. The van der Waals surface area contributed by atoms with E-state index in [1.54, 1.807) is 25.7 Å². The molecule has 0 saturated carbocycles. The zero-order chi connectivity index (χ0) is 15.3. The van der Waals surface area contributed by atoms with Crippen molar-refractivity contribution in [3.05, 3.63) is 0 Å². The van der Waals surface area contributed by atoms with Gasteiger partial charge in [0.1, 0.15) is 0 Å². The number of likely N-dealkylation sites (tertiary alicyclic amines) is 1. The quantitative estimate of drug-likeness (QED) is 0.552. The molecule has 0 aromatic carbocycles. The number of Topliss-reactive ketones (excluding diaryl/α,β-unsaturated/α-hetero) is 1. The van der Waals surface area contributed by atoms with Gasteiger partial charge >= 0.3 is 5.97 Å². The van der Waals surface area contributed by atoms with Crippen LogP contribution in [-0.2, 0) is 19.1 Å². The van der Waals surface area contributed by atoms with Crippen LogP contribution in [0.25, 0.3) is 0 Å². The molecule has 1 rings (SSSR count). The summed E-state index contributed by atoms with van der Waals surface area (Å²) in [6.45, 7) is 8.09. The first-order valence-electron chi connectivity index (χ1n) is 7.34. The largest absolute Gasteiger partial charge is 0.466 e. The molecule has 0 aromatic rings. The lowest BCUT2D eigenvalue weighted by molar-refractivity contribution is -0.151. The third-order valence-electron chi connectivity index (χ3n) is 4.04. The summed E-state index contributed by atoms with van der Waals surface area (Å²) in [4.78, 5) is 37.7. The summed E-state index contributed by atoms with van der Waals surface area (Å²) in [5.74, 6) is -1.13. The van der Waals surface area contributed by atoms with Crippen molar-refractivity contribution >= 4 is 17.7 Å². The average Bonchev–Trinajstić information content (AvgIpc) is 2.85. The Morgan fingerprint density at radius 3 is 2.45 bits per heavy atom. The molecule has 20 heavy (non-hydrogen) atoms. The molecule has 0 radical (unpaired) electrons. The number of nitrogens with zero attached hydrogens (tertiary/aromatic N) is 1. The van der Waals surface area contributed by atoms with Gasteiger partial charge in [-0.3, -0.25) is 14.4 Å². The zero-order valence-corrected chi connectivity index (χ0v) is 12.9. The van der Waals surface area contributed by atoms with E-state index in [0.717, 1.165) is 12.8 Å². The number of carbonyl (C=O) groups is 3. The van der Waals surface area contributed by atoms with Crippen LogP contribution in [0.3, 0.4) is 0 Å². The molecule has 0 aromatic heterocycles. The van der Waals surface area contributed by atoms with Crippen molar-refractivity contribution < 1.29 is 19.1 Å². The number of ether oxygens (including phenoxy) is 1. The van der Waals surface area contributed by atoms with Crippen LogP contribution in [0.5, 0.6) is 0 Å². The summed E-state index contributed by atoms with van der Waals surface area (Å²) in [7, 11) is 0. The van der Waals surface area contributed by atoms with Gasteiger partial charge in [0.05, 0.1) is 13.0 Å². The first kappa shape index (κ1) is 16.7. The second-order valence-electron chi connectivity index (χ2n) is 5.87. The Morgan fingerprint density at radius 2 is 1.90 bits per heavy atom. The lowest BCUT2D eigenvalue weighted by Gasteiger charge is -2.27. The molecule has 1 aliphatic heterocycles. The van der Waals surface area contributed by atoms with E-state index in [2.05, 4.69) is 0 Å². The predicted octanol–water partition coefficient (Wildman–Crippen LogP) is 1.94. The normalized spacial score (nSPS) is 19.0. The van der Waals surface area contributed by atoms with E-state index in [1.807, 2.05) is 6.92 Å². The molecule has 1 saturated heterocycles. The summed E-state index contributed by atoms with van der Waals surface area (Å²) in [5.41, 5.74) is -0.645. The fourth-order valence-electron chi connectivity index (χ4n) is 2.31. The van der Waals surface area contributed by atoms with Crippen molar-refractivity contribution in [1.82, 2.24) is 4.90 Å². The number of carbonyl (C=O) groups excluding carboxylic acids is 3. The van der Waals surface area contributed by atoms with Crippen molar-refractivity contribution in [3.63, 3.8) is 0 Å². The van der Waals surface area contributed by atoms with E-state index >= 15 is 0 Å². The van der Waals surface area contributed by atoms with Gasteiger partial charge in [-0.2, -0.15) is 0 Å². The maximum Gasteiger partial charge on any atom is 0.307 e. The topological polar surface area (TPSA) is 63.7 Å². The average molecular weight is 283 g/mol. The Kier molecular flexibility index (Phi) is 5.72. The molecule has 0 N–H and O–H groups in total. The Labute approximate surface area is 120 Å². The smallest absolute Gasteiger partial charge is 0.307 e. The number of hydrogen-bond acceptors (Lipinski definition) is 4. The van der Waals surface area contributed by atoms with Gasteiger partial charge in [-0.15, -0.1) is 0 Å². The van der Waals surface area contributed by atoms with Gasteiger partial charge in [0.15, 0.2) is 0 Å². The van der Waals surface area contributed by atoms with E-state index < -0.39 is 11.3 Å². The minimum Gasteiger partial charge on any atom is -0.466 e. The molecule has 114 valence electrons. The molecule has 1 unspecified atom stereocenters. The molecule has 1 heterocycles. The van der Waals surface area contributed by atoms with E-state index in [0.29, 0.717) is 19.6 Å². The van der Waals surface area contributed by atoms with Crippen molar-refractivity contribution in [2.45, 2.75) is 59.4 Å². The molecule has 0 bridgehead atoms. The fraction of sp³-hybridized carbons (Fsp3) is 0.800. The van der Waals surface area contributed by atoms with Crippen LogP contribution < -0.4 is 0 Å². The van der Waals surface area contributed by atoms with E-state index in [9.17, 15) is 14.4 Å². The van der Waals surface area contributed by atoms with E-state index in [-0.39, 0.29) is 24.2 Å². The van der Waals surface area contributed by atoms with Gasteiger partial charge in [-0.1, -0.05) is 20.8 Å². The Hall–Kier alpha value is -1.39. The van der Waals surface area contributed by atoms with Crippen molar-refractivity contribution in [3.8, 4) is 0 Å². The van der Waals surface area contributed by atoms with Gasteiger partial charge in [0.2, 0.25) is 5.78 Å². The summed E-state index contributed by atoms with van der Waals surface area (Å²) < 4.78 is 4.92. The summed E-state index contributed by atoms with van der Waals surface area (Å²) in [6, 6.07) is -0.196. The molecule has 1 amide bonds. The summed E-state index contributed by atoms with van der Waals surface area (Å²) in [5, 5.41) is 0. The number of hydrogen-bond donors (Lipinski definition) is 0. The van der Waals surface area contributed by atoms with E-state index in [4.69, 9.17) is 4.74 Å². The molecule has 0 aliphatic carbocycles. The molecule has 1 fully saturated rings. The molecule has 1 aliphatic rings. The number of ketones is 1. The minimum absolute atomic E-state index is 0.180. The molecule has 5 nitrogen and oxygen atoms in total. The van der Waals surface area contributed by atoms with Crippen LogP contribution in [0, 0.1) is 5.41 Å². The Balaban J connectivity index is 2.71. The van der Waals surface area contributed by atoms with Gasteiger partial charge in [-0.25, -0.2) is 0 Å². The van der Waals surface area contributed by atoms with E-state index in [1.165, 1.54) is 0 Å². The van der Waals surface area contributed by atoms with Gasteiger partial charge < -0.3 is 9.64 Å². The van der Waals surface area contributed by atoms with Crippen LogP contribution in [-0.4, -0.2) is 41.8 Å². The number of esters is 1. The Morgan fingerprint density at radius 1 is 1.25 bits per heavy atom. The van der Waals surface area contributed by atoms with Crippen LogP contribution in [0.15, 0.2) is 0 Å². The maximum atomic E-state index is 12.3. The highest BCUT2D eigenvalue weighted by molar-refractivity contribution is 6.38. The molecular weight excluding hydrogens is 258 g/mol. The molecular formula is C15H25NO4. The minimum atomic E-state index is -0.645. The maximum absolute atomic E-state index is 12.3. The Bertz CT molecular complexity index is 389. The SMILES string of the molecule is CCOC(=O)CC1CCCN1C(=O)C(=O)C(C)(C)CC. The van der Waals surface area contributed by atoms with Crippen LogP contribution in [0.2, 0.25) is 0 Å². The van der Waals surface area contributed by atoms with Crippen LogP contribution >= 0.6 is 0 Å². The third-order valence-corrected chi connectivity index (χ3v) is 4.04. The van der Waals surface area contributed by atoms with Crippen molar-refractivity contribution in [2.24, 2.45) is 5.41 Å². The highest BCUT2D eigenvalue weighted by Gasteiger charge is 2.39. The van der Waals surface area contributed by atoms with Crippen molar-refractivity contribution in [2.75, 3.05) is 13.2 Å². The molecule has 0 spiro atoms. The molecule has 1 atom stereocenters. The van der Waals surface area contributed by atoms with Crippen LogP contribution in [0.4, 0.5) is 0 Å². The second kappa shape index (κ2) is 6.86. The second-order valence-corrected chi connectivity index (χ2v) is 5.87. The highest BCUT2D eigenvalue weighted by Crippen LogP contribution is 2.26. The zero-order valence-electron chi connectivity index (χ0n) is 12.9. The third kappa shape index (κ3) is 3.81. The molecule has 5 heteroatoms. The summed E-state index contributed by atoms with van der Waals surface area (Å²) in [6.07, 6.45) is 2.38. The number of rotatable bonds is 6. The van der Waals surface area contributed by atoms with Crippen molar-refractivity contribution in [1.29, 1.82) is 0 Å². The fourth-order valence-corrected chi connectivity index (χ4v) is 2.31. The lowest BCUT2D eigenvalue weighted by Crippen LogP contribution is -2.45. The standard InChI is InChI=1S/C15H25NO4/c1-5-15(3,4)13(18)14(19)16-9-7-8-11(16)10-12(17)20-6-2/h11H,5-10H2,1-4H3. The predicted molar refractivity (Wildman–Crippen MR) is 75.1 cm³/mol.